The topological polar surface area (TPSA) is 85.8 Å². The molecule has 1 aliphatic heterocycles. The zero-order valence-electron chi connectivity index (χ0n) is 12.3. The number of hydrazone groups is 1. The Morgan fingerprint density at radius 1 is 1.38 bits per heavy atom. The van der Waals surface area contributed by atoms with Crippen molar-refractivity contribution in [3.05, 3.63) is 29.8 Å². The molecule has 0 spiro atoms. The molecular formula is C15H22N4O2. The second-order valence-electron chi connectivity index (χ2n) is 5.46. The summed E-state index contributed by atoms with van der Waals surface area (Å²) in [6.45, 7) is 4.22. The summed E-state index contributed by atoms with van der Waals surface area (Å²) in [5.41, 5.74) is 9.61. The van der Waals surface area contributed by atoms with Gasteiger partial charge < -0.3 is 5.11 Å². The lowest BCUT2D eigenvalue weighted by molar-refractivity contribution is -0.121. The Morgan fingerprint density at radius 2 is 2.10 bits per heavy atom. The maximum absolute atomic E-state index is 11.8. The Labute approximate surface area is 124 Å². The minimum Gasteiger partial charge on any atom is -0.508 e. The molecule has 1 amide bonds. The highest BCUT2D eigenvalue weighted by Gasteiger charge is 2.29. The largest absolute Gasteiger partial charge is 0.508 e. The van der Waals surface area contributed by atoms with Gasteiger partial charge in [-0.2, -0.15) is 5.10 Å². The molecule has 1 aromatic rings. The molecule has 0 aliphatic carbocycles. The summed E-state index contributed by atoms with van der Waals surface area (Å²) in [6.07, 6.45) is 2.78. The number of rotatable bonds is 5. The van der Waals surface area contributed by atoms with E-state index in [2.05, 4.69) is 35.2 Å². The number of hydrazine groups is 1. The first-order valence-electron chi connectivity index (χ1n) is 7.18. The smallest absolute Gasteiger partial charge is 0.240 e. The lowest BCUT2D eigenvalue weighted by atomic mass is 9.91. The molecule has 114 valence electrons. The first-order valence-corrected chi connectivity index (χ1v) is 7.18. The number of hydrogen-bond acceptors (Lipinski definition) is 5. The van der Waals surface area contributed by atoms with Crippen LogP contribution < -0.4 is 16.3 Å². The van der Waals surface area contributed by atoms with E-state index in [1.54, 1.807) is 24.3 Å². The van der Waals surface area contributed by atoms with Gasteiger partial charge in [0, 0.05) is 18.5 Å². The van der Waals surface area contributed by atoms with Crippen molar-refractivity contribution < 1.29 is 9.90 Å². The fourth-order valence-electron chi connectivity index (χ4n) is 2.55. The van der Waals surface area contributed by atoms with E-state index in [-0.39, 0.29) is 11.7 Å². The Hall–Kier alpha value is -1.92. The quantitative estimate of drug-likeness (QED) is 0.483. The van der Waals surface area contributed by atoms with Crippen LogP contribution in [0.5, 0.6) is 5.75 Å². The number of nitrogens with one attached hydrogen (secondary N) is 3. The highest BCUT2D eigenvalue weighted by molar-refractivity contribution is 5.82. The van der Waals surface area contributed by atoms with Gasteiger partial charge in [-0.15, -0.1) is 0 Å². The normalized spacial score (nSPS) is 25.3. The summed E-state index contributed by atoms with van der Waals surface area (Å²) in [6, 6.07) is 7.42. The van der Waals surface area contributed by atoms with Crippen molar-refractivity contribution in [2.24, 2.45) is 11.0 Å². The Bertz CT molecular complexity index is 508. The van der Waals surface area contributed by atoms with Crippen LogP contribution in [0.3, 0.4) is 0 Å². The number of benzene rings is 1. The second-order valence-corrected chi connectivity index (χ2v) is 5.46. The Kier molecular flexibility index (Phi) is 5.30. The fraction of sp³-hybridized carbons (Fsp3) is 0.467. The third-order valence-corrected chi connectivity index (χ3v) is 3.80. The molecule has 6 nitrogen and oxygen atoms in total. The van der Waals surface area contributed by atoms with Crippen molar-refractivity contribution in [3.8, 4) is 5.75 Å². The van der Waals surface area contributed by atoms with Gasteiger partial charge in [-0.05, 0) is 43.9 Å². The number of phenols is 1. The van der Waals surface area contributed by atoms with E-state index in [1.165, 1.54) is 6.21 Å². The van der Waals surface area contributed by atoms with Crippen LogP contribution in [0, 0.1) is 5.92 Å². The van der Waals surface area contributed by atoms with Gasteiger partial charge in [0.25, 0.3) is 0 Å². The molecule has 1 saturated heterocycles. The van der Waals surface area contributed by atoms with E-state index in [0.29, 0.717) is 24.4 Å². The number of carbonyl (C=O) groups excluding carboxylic acids is 1. The molecule has 4 N–H and O–H groups in total. The standard InChI is InChI=1S/C15H22N4O2/c1-10-14(11(2)18-17-10)6-7-15(21)19-16-9-12-4-3-5-13(20)8-12/h3-5,8-11,14,17-18,20H,6-7H2,1-2H3,(H,19,21)/b16-9+. The van der Waals surface area contributed by atoms with Gasteiger partial charge in [0.2, 0.25) is 5.91 Å². The van der Waals surface area contributed by atoms with Gasteiger partial charge in [-0.25, -0.2) is 5.43 Å². The monoisotopic (exact) mass is 290 g/mol. The van der Waals surface area contributed by atoms with Gasteiger partial charge in [0.1, 0.15) is 5.75 Å². The summed E-state index contributed by atoms with van der Waals surface area (Å²) >= 11 is 0. The van der Waals surface area contributed by atoms with E-state index in [4.69, 9.17) is 0 Å². The van der Waals surface area contributed by atoms with Gasteiger partial charge in [-0.1, -0.05) is 12.1 Å². The third-order valence-electron chi connectivity index (χ3n) is 3.80. The van der Waals surface area contributed by atoms with E-state index in [1.807, 2.05) is 0 Å². The maximum atomic E-state index is 11.8. The molecule has 1 heterocycles. The molecule has 0 aromatic heterocycles. The minimum absolute atomic E-state index is 0.0993. The number of hydrogen-bond donors (Lipinski definition) is 4. The summed E-state index contributed by atoms with van der Waals surface area (Å²) < 4.78 is 0. The SMILES string of the molecule is CC1NNC(C)C1CCC(=O)N/N=C/c1cccc(O)c1. The lowest BCUT2D eigenvalue weighted by Crippen LogP contribution is -2.30. The van der Waals surface area contributed by atoms with Crippen LogP contribution >= 0.6 is 0 Å². The van der Waals surface area contributed by atoms with Gasteiger partial charge >= 0.3 is 0 Å². The number of phenolic OH excluding ortho intramolecular Hbond substituents is 1. The average Bonchev–Trinajstić information content (AvgIpc) is 2.76. The maximum Gasteiger partial charge on any atom is 0.240 e. The van der Waals surface area contributed by atoms with Crippen molar-refractivity contribution in [1.29, 1.82) is 0 Å². The van der Waals surface area contributed by atoms with Crippen LogP contribution in [-0.4, -0.2) is 29.3 Å². The first-order chi connectivity index (χ1) is 10.1. The van der Waals surface area contributed by atoms with Crippen LogP contribution in [0.2, 0.25) is 0 Å². The molecule has 2 unspecified atom stereocenters. The van der Waals surface area contributed by atoms with E-state index >= 15 is 0 Å². The zero-order valence-corrected chi connectivity index (χ0v) is 12.3. The number of nitrogens with zero attached hydrogens (tertiary/aromatic N) is 1. The number of amides is 1. The molecule has 0 bridgehead atoms. The summed E-state index contributed by atoms with van der Waals surface area (Å²) in [5.74, 6) is 0.512. The van der Waals surface area contributed by atoms with E-state index in [9.17, 15) is 9.90 Å². The number of aromatic hydroxyl groups is 1. The van der Waals surface area contributed by atoms with Crippen LogP contribution in [0.4, 0.5) is 0 Å². The molecule has 21 heavy (non-hydrogen) atoms. The van der Waals surface area contributed by atoms with Crippen molar-refractivity contribution in [1.82, 2.24) is 16.3 Å². The molecule has 6 heteroatoms. The molecule has 0 radical (unpaired) electrons. The first kappa shape index (κ1) is 15.5. The predicted octanol–water partition coefficient (Wildman–Crippen LogP) is 1.12. The molecule has 2 atom stereocenters. The average molecular weight is 290 g/mol. The van der Waals surface area contributed by atoms with Crippen molar-refractivity contribution in [2.45, 2.75) is 38.8 Å². The molecule has 1 aromatic carbocycles. The summed E-state index contributed by atoms with van der Waals surface area (Å²) in [5, 5.41) is 13.2. The lowest BCUT2D eigenvalue weighted by Gasteiger charge is -2.16. The predicted molar refractivity (Wildman–Crippen MR) is 81.8 cm³/mol. The van der Waals surface area contributed by atoms with Crippen LogP contribution in [0.25, 0.3) is 0 Å². The van der Waals surface area contributed by atoms with Crippen molar-refractivity contribution in [3.63, 3.8) is 0 Å². The highest BCUT2D eigenvalue weighted by Crippen LogP contribution is 2.19. The number of carbonyl (C=O) groups is 1. The van der Waals surface area contributed by atoms with Crippen molar-refractivity contribution in [2.75, 3.05) is 0 Å². The van der Waals surface area contributed by atoms with Crippen LogP contribution in [-0.2, 0) is 4.79 Å². The Balaban J connectivity index is 1.75. The van der Waals surface area contributed by atoms with Gasteiger partial charge in [-0.3, -0.25) is 15.6 Å². The van der Waals surface area contributed by atoms with Gasteiger partial charge in [0.15, 0.2) is 0 Å². The van der Waals surface area contributed by atoms with Crippen LogP contribution in [0.15, 0.2) is 29.4 Å². The zero-order chi connectivity index (χ0) is 15.2. The molecule has 2 rings (SSSR count). The van der Waals surface area contributed by atoms with E-state index in [0.717, 1.165) is 12.0 Å². The second kappa shape index (κ2) is 7.19. The van der Waals surface area contributed by atoms with E-state index < -0.39 is 0 Å². The third kappa shape index (κ3) is 4.54. The molecular weight excluding hydrogens is 268 g/mol. The summed E-state index contributed by atoms with van der Waals surface area (Å²) in [7, 11) is 0. The highest BCUT2D eigenvalue weighted by atomic mass is 16.3. The van der Waals surface area contributed by atoms with Crippen LogP contribution in [0.1, 0.15) is 32.3 Å². The van der Waals surface area contributed by atoms with Crippen molar-refractivity contribution >= 4 is 12.1 Å². The Morgan fingerprint density at radius 3 is 2.76 bits per heavy atom. The minimum atomic E-state index is -0.0993. The van der Waals surface area contributed by atoms with Gasteiger partial charge in [0.05, 0.1) is 6.21 Å². The fourth-order valence-corrected chi connectivity index (χ4v) is 2.55. The molecule has 1 fully saturated rings. The molecule has 0 saturated carbocycles. The summed E-state index contributed by atoms with van der Waals surface area (Å²) in [4.78, 5) is 11.8. The molecule has 1 aliphatic rings.